The molecule has 0 radical (unpaired) electrons. The van der Waals surface area contributed by atoms with Crippen LogP contribution in [0.25, 0.3) is 0 Å². The molecular formula is C11H13IN2O2S. The standard InChI is InChI=1S/C11H13IN2O2S/c12-7-3-5(4-17-7)11(15)14-9-8(13)6-1-2-16-10(6)9/h3-4,6,8-10H,1-2,13H2,(H,14,15). The molecule has 3 rings (SSSR count). The molecular weight excluding hydrogens is 351 g/mol. The summed E-state index contributed by atoms with van der Waals surface area (Å²) in [7, 11) is 0. The number of nitrogens with one attached hydrogen (secondary N) is 1. The summed E-state index contributed by atoms with van der Waals surface area (Å²) < 4.78 is 6.69. The van der Waals surface area contributed by atoms with Gasteiger partial charge in [-0.1, -0.05) is 0 Å². The molecule has 1 aliphatic carbocycles. The molecule has 1 saturated carbocycles. The first-order valence-corrected chi connectivity index (χ1v) is 7.55. The van der Waals surface area contributed by atoms with Gasteiger partial charge in [-0.05, 0) is 35.1 Å². The number of thiophene rings is 1. The highest BCUT2D eigenvalue weighted by atomic mass is 127. The number of carbonyl (C=O) groups is 1. The normalized spacial score (nSPS) is 35.2. The first-order chi connectivity index (χ1) is 8.16. The molecule has 1 aromatic heterocycles. The summed E-state index contributed by atoms with van der Waals surface area (Å²) in [5, 5.41) is 4.85. The Hall–Kier alpha value is -0.180. The number of hydrogen-bond acceptors (Lipinski definition) is 4. The number of amides is 1. The molecule has 0 spiro atoms. The zero-order valence-electron chi connectivity index (χ0n) is 9.06. The first kappa shape index (κ1) is 11.9. The number of fused-ring (bicyclic) bond motifs is 1. The average Bonchev–Trinajstić information content (AvgIpc) is 2.92. The van der Waals surface area contributed by atoms with E-state index in [1.807, 2.05) is 11.4 Å². The van der Waals surface area contributed by atoms with E-state index in [4.69, 9.17) is 10.5 Å². The van der Waals surface area contributed by atoms with E-state index in [0.717, 1.165) is 15.9 Å². The second kappa shape index (κ2) is 4.49. The van der Waals surface area contributed by atoms with Crippen LogP contribution in [0.15, 0.2) is 11.4 Å². The Kier molecular flexibility index (Phi) is 3.14. The molecule has 3 N–H and O–H groups in total. The molecule has 2 fully saturated rings. The molecule has 17 heavy (non-hydrogen) atoms. The summed E-state index contributed by atoms with van der Waals surface area (Å²) in [6.45, 7) is 0.770. The molecule has 6 heteroatoms. The molecule has 2 heterocycles. The van der Waals surface area contributed by atoms with Gasteiger partial charge in [-0.2, -0.15) is 0 Å². The van der Waals surface area contributed by atoms with E-state index < -0.39 is 0 Å². The lowest BCUT2D eigenvalue weighted by Crippen LogP contribution is -2.68. The lowest BCUT2D eigenvalue weighted by Gasteiger charge is -2.45. The molecule has 92 valence electrons. The Bertz CT molecular complexity index is 450. The minimum Gasteiger partial charge on any atom is -0.376 e. The highest BCUT2D eigenvalue weighted by Gasteiger charge is 2.52. The zero-order valence-corrected chi connectivity index (χ0v) is 12.0. The minimum absolute atomic E-state index is 0.0208. The molecule has 4 nitrogen and oxygen atoms in total. The van der Waals surface area contributed by atoms with Crippen LogP contribution in [0.5, 0.6) is 0 Å². The van der Waals surface area contributed by atoms with Crippen molar-refractivity contribution in [3.63, 3.8) is 0 Å². The minimum atomic E-state index is -0.0430. The van der Waals surface area contributed by atoms with Crippen LogP contribution in [0.2, 0.25) is 0 Å². The highest BCUT2D eigenvalue weighted by molar-refractivity contribution is 14.1. The van der Waals surface area contributed by atoms with Crippen molar-refractivity contribution in [2.24, 2.45) is 11.7 Å². The summed E-state index contributed by atoms with van der Waals surface area (Å²) in [6.07, 6.45) is 1.15. The third-order valence-corrected chi connectivity index (χ3v) is 5.36. The van der Waals surface area contributed by atoms with Crippen molar-refractivity contribution in [1.82, 2.24) is 5.32 Å². The van der Waals surface area contributed by atoms with Crippen molar-refractivity contribution >= 4 is 39.8 Å². The van der Waals surface area contributed by atoms with Crippen molar-refractivity contribution in [2.45, 2.75) is 24.6 Å². The second-order valence-corrected chi connectivity index (χ2v) is 7.31. The fourth-order valence-corrected chi connectivity index (χ4v) is 3.92. The maximum atomic E-state index is 12.0. The van der Waals surface area contributed by atoms with E-state index >= 15 is 0 Å². The molecule has 1 aliphatic heterocycles. The number of halogens is 1. The maximum Gasteiger partial charge on any atom is 0.252 e. The van der Waals surface area contributed by atoms with E-state index in [0.29, 0.717) is 11.5 Å². The quantitative estimate of drug-likeness (QED) is 0.776. The number of nitrogens with two attached hydrogens (primary N) is 1. The average molecular weight is 364 g/mol. The number of rotatable bonds is 2. The van der Waals surface area contributed by atoms with Gasteiger partial charge in [0, 0.05) is 23.9 Å². The zero-order chi connectivity index (χ0) is 12.0. The highest BCUT2D eigenvalue weighted by Crippen LogP contribution is 2.37. The number of hydrogen-bond donors (Lipinski definition) is 2. The van der Waals surface area contributed by atoms with E-state index in [1.54, 1.807) is 11.3 Å². The van der Waals surface area contributed by atoms with Gasteiger partial charge in [0.2, 0.25) is 0 Å². The topological polar surface area (TPSA) is 64.3 Å². The predicted octanol–water partition coefficient (Wildman–Crippen LogP) is 1.20. The van der Waals surface area contributed by atoms with Crippen molar-refractivity contribution in [3.05, 3.63) is 19.9 Å². The van der Waals surface area contributed by atoms with E-state index in [1.165, 1.54) is 0 Å². The predicted molar refractivity (Wildman–Crippen MR) is 74.1 cm³/mol. The molecule has 2 aliphatic rings. The maximum absolute atomic E-state index is 12.0. The van der Waals surface area contributed by atoms with Crippen molar-refractivity contribution in [3.8, 4) is 0 Å². The van der Waals surface area contributed by atoms with Gasteiger partial charge in [0.05, 0.1) is 20.6 Å². The van der Waals surface area contributed by atoms with Gasteiger partial charge in [-0.15, -0.1) is 11.3 Å². The lowest BCUT2D eigenvalue weighted by atomic mass is 9.72. The van der Waals surface area contributed by atoms with E-state index in [-0.39, 0.29) is 24.1 Å². The van der Waals surface area contributed by atoms with Crippen LogP contribution in [-0.2, 0) is 4.74 Å². The lowest BCUT2D eigenvalue weighted by molar-refractivity contribution is -0.0161. The Balaban J connectivity index is 1.66. The van der Waals surface area contributed by atoms with Gasteiger partial charge >= 0.3 is 0 Å². The van der Waals surface area contributed by atoms with Gasteiger partial charge in [0.25, 0.3) is 5.91 Å². The largest absolute Gasteiger partial charge is 0.376 e. The Morgan fingerprint density at radius 1 is 1.65 bits per heavy atom. The van der Waals surface area contributed by atoms with Crippen LogP contribution in [0, 0.1) is 8.80 Å². The van der Waals surface area contributed by atoms with Crippen molar-refractivity contribution in [1.29, 1.82) is 0 Å². The van der Waals surface area contributed by atoms with Crippen molar-refractivity contribution in [2.75, 3.05) is 6.61 Å². The fourth-order valence-electron chi connectivity index (χ4n) is 2.59. The van der Waals surface area contributed by atoms with Gasteiger partial charge in [0.15, 0.2) is 0 Å². The third kappa shape index (κ3) is 2.00. The number of carbonyl (C=O) groups excluding carboxylic acids is 1. The van der Waals surface area contributed by atoms with Crippen LogP contribution in [-0.4, -0.2) is 30.7 Å². The third-order valence-electron chi connectivity index (χ3n) is 3.57. The van der Waals surface area contributed by atoms with Gasteiger partial charge < -0.3 is 15.8 Å². The van der Waals surface area contributed by atoms with Crippen LogP contribution in [0.4, 0.5) is 0 Å². The van der Waals surface area contributed by atoms with Crippen LogP contribution >= 0.6 is 33.9 Å². The second-order valence-electron chi connectivity index (χ2n) is 4.50. The van der Waals surface area contributed by atoms with Crippen LogP contribution in [0.1, 0.15) is 16.8 Å². The monoisotopic (exact) mass is 364 g/mol. The SMILES string of the molecule is NC1C2CCOC2C1NC(=O)c1csc(I)c1. The van der Waals surface area contributed by atoms with Crippen LogP contribution in [0.3, 0.4) is 0 Å². The molecule has 4 atom stereocenters. The van der Waals surface area contributed by atoms with E-state index in [2.05, 4.69) is 27.9 Å². The van der Waals surface area contributed by atoms with Gasteiger partial charge in [-0.25, -0.2) is 0 Å². The smallest absolute Gasteiger partial charge is 0.252 e. The van der Waals surface area contributed by atoms with Crippen LogP contribution < -0.4 is 11.1 Å². The summed E-state index contributed by atoms with van der Waals surface area (Å²) in [5.74, 6) is 0.390. The molecule has 1 amide bonds. The first-order valence-electron chi connectivity index (χ1n) is 5.59. The molecule has 1 aromatic rings. The summed E-state index contributed by atoms with van der Waals surface area (Å²) in [5.41, 5.74) is 6.76. The number of ether oxygens (including phenoxy) is 1. The summed E-state index contributed by atoms with van der Waals surface area (Å²) in [6, 6.07) is 1.91. The Morgan fingerprint density at radius 3 is 3.18 bits per heavy atom. The molecule has 1 saturated heterocycles. The van der Waals surface area contributed by atoms with Gasteiger partial charge in [-0.3, -0.25) is 4.79 Å². The summed E-state index contributed by atoms with van der Waals surface area (Å²) in [4.78, 5) is 12.0. The van der Waals surface area contributed by atoms with E-state index in [9.17, 15) is 4.79 Å². The fraction of sp³-hybridized carbons (Fsp3) is 0.545. The Labute approximate surface area is 117 Å². The molecule has 4 unspecified atom stereocenters. The molecule has 0 bridgehead atoms. The Morgan fingerprint density at radius 2 is 2.47 bits per heavy atom. The summed E-state index contributed by atoms with van der Waals surface area (Å²) >= 11 is 3.78. The molecule has 0 aromatic carbocycles. The van der Waals surface area contributed by atoms with Crippen molar-refractivity contribution < 1.29 is 9.53 Å². The van der Waals surface area contributed by atoms with Gasteiger partial charge in [0.1, 0.15) is 0 Å².